The number of para-hydroxylation sites is 2. The van der Waals surface area contributed by atoms with E-state index in [4.69, 9.17) is 14.6 Å². The number of carboxylic acid groups (broad SMARTS) is 1. The summed E-state index contributed by atoms with van der Waals surface area (Å²) < 4.78 is 10.7. The molecule has 0 aromatic heterocycles. The van der Waals surface area contributed by atoms with Crippen LogP contribution in [0.5, 0.6) is 11.5 Å². The monoisotopic (exact) mass is 398 g/mol. The van der Waals surface area contributed by atoms with Gasteiger partial charge in [-0.05, 0) is 36.8 Å². The highest BCUT2D eigenvalue weighted by atomic mass is 16.5. The largest absolute Gasteiger partial charge is 0.482 e. The molecule has 3 rings (SSSR count). The quantitative estimate of drug-likeness (QED) is 0.766. The van der Waals surface area contributed by atoms with E-state index < -0.39 is 18.7 Å². The molecule has 1 aliphatic heterocycles. The molecule has 1 heterocycles. The minimum atomic E-state index is -1.05. The van der Waals surface area contributed by atoms with Crippen LogP contribution in [0, 0.1) is 0 Å². The van der Waals surface area contributed by atoms with Gasteiger partial charge in [-0.2, -0.15) is 0 Å². The highest BCUT2D eigenvalue weighted by molar-refractivity contribution is 6.03. The number of amides is 2. The average Bonchev–Trinajstić information content (AvgIpc) is 2.70. The number of carbonyl (C=O) groups excluding carboxylic acids is 2. The molecule has 1 unspecified atom stereocenters. The Labute approximate surface area is 168 Å². The zero-order chi connectivity index (χ0) is 21.0. The van der Waals surface area contributed by atoms with E-state index in [0.717, 1.165) is 5.56 Å². The zero-order valence-corrected chi connectivity index (χ0v) is 16.2. The van der Waals surface area contributed by atoms with Gasteiger partial charge in [0.25, 0.3) is 5.91 Å². The minimum Gasteiger partial charge on any atom is -0.482 e. The van der Waals surface area contributed by atoms with Crippen molar-refractivity contribution < 1.29 is 29.0 Å². The van der Waals surface area contributed by atoms with Crippen LogP contribution in [0.15, 0.2) is 48.5 Å². The number of ether oxygens (including phenoxy) is 2. The summed E-state index contributed by atoms with van der Waals surface area (Å²) in [7, 11) is 1.66. The molecular formula is C21H22N2O6. The van der Waals surface area contributed by atoms with E-state index in [2.05, 4.69) is 0 Å². The molecule has 0 fully saturated rings. The van der Waals surface area contributed by atoms with Gasteiger partial charge in [0.1, 0.15) is 18.0 Å². The normalized spacial score (nSPS) is 15.3. The van der Waals surface area contributed by atoms with Crippen molar-refractivity contribution in [1.29, 1.82) is 0 Å². The molecule has 1 aliphatic rings. The maximum Gasteiger partial charge on any atom is 0.341 e. The molecular weight excluding hydrogens is 376 g/mol. The first-order chi connectivity index (χ1) is 13.8. The van der Waals surface area contributed by atoms with Crippen molar-refractivity contribution in [2.45, 2.75) is 19.6 Å². The number of hydrogen-bond acceptors (Lipinski definition) is 5. The van der Waals surface area contributed by atoms with Crippen molar-refractivity contribution in [3.05, 3.63) is 54.1 Å². The van der Waals surface area contributed by atoms with E-state index in [9.17, 15) is 14.4 Å². The Kier molecular flexibility index (Phi) is 6.01. The lowest BCUT2D eigenvalue weighted by atomic mass is 10.1. The van der Waals surface area contributed by atoms with Gasteiger partial charge in [0, 0.05) is 13.6 Å². The van der Waals surface area contributed by atoms with Gasteiger partial charge in [0.15, 0.2) is 12.7 Å². The van der Waals surface area contributed by atoms with Gasteiger partial charge in [0.05, 0.1) is 5.69 Å². The van der Waals surface area contributed by atoms with Crippen molar-refractivity contribution >= 4 is 23.5 Å². The molecule has 0 aliphatic carbocycles. The molecule has 0 saturated heterocycles. The second kappa shape index (κ2) is 8.64. The third-order valence-electron chi connectivity index (χ3n) is 4.50. The first-order valence-corrected chi connectivity index (χ1v) is 9.09. The predicted molar refractivity (Wildman–Crippen MR) is 105 cm³/mol. The number of carbonyl (C=O) groups is 3. The number of carboxylic acids is 1. The van der Waals surface area contributed by atoms with E-state index in [1.807, 2.05) is 6.07 Å². The maximum absolute atomic E-state index is 12.7. The number of hydrogen-bond donors (Lipinski definition) is 1. The van der Waals surface area contributed by atoms with Crippen molar-refractivity contribution in [3.8, 4) is 11.5 Å². The van der Waals surface area contributed by atoms with Crippen LogP contribution in [-0.2, 0) is 20.9 Å². The zero-order valence-electron chi connectivity index (χ0n) is 16.2. The van der Waals surface area contributed by atoms with Gasteiger partial charge in [-0.1, -0.05) is 24.3 Å². The third kappa shape index (κ3) is 4.84. The van der Waals surface area contributed by atoms with Crippen molar-refractivity contribution in [2.75, 3.05) is 25.1 Å². The Hall–Kier alpha value is -3.55. The molecule has 0 spiro atoms. The Morgan fingerprint density at radius 3 is 2.55 bits per heavy atom. The molecule has 8 heteroatoms. The minimum absolute atomic E-state index is 0.0835. The summed E-state index contributed by atoms with van der Waals surface area (Å²) >= 11 is 0. The number of benzene rings is 2. The fourth-order valence-corrected chi connectivity index (χ4v) is 2.98. The lowest BCUT2D eigenvalue weighted by Gasteiger charge is -2.33. The fraction of sp³-hybridized carbons (Fsp3) is 0.286. The molecule has 1 atom stereocenters. The second-order valence-corrected chi connectivity index (χ2v) is 6.73. The highest BCUT2D eigenvalue weighted by Crippen LogP contribution is 2.33. The summed E-state index contributed by atoms with van der Waals surface area (Å²) in [5.74, 6) is -0.506. The molecule has 2 aromatic rings. The van der Waals surface area contributed by atoms with E-state index in [1.54, 1.807) is 56.4 Å². The van der Waals surface area contributed by atoms with Gasteiger partial charge in [-0.25, -0.2) is 4.79 Å². The van der Waals surface area contributed by atoms with E-state index in [-0.39, 0.29) is 18.4 Å². The first kappa shape index (κ1) is 20.2. The van der Waals surface area contributed by atoms with Gasteiger partial charge < -0.3 is 19.5 Å². The Morgan fingerprint density at radius 2 is 1.86 bits per heavy atom. The Morgan fingerprint density at radius 1 is 1.17 bits per heavy atom. The van der Waals surface area contributed by atoms with Crippen LogP contribution in [0.4, 0.5) is 5.69 Å². The summed E-state index contributed by atoms with van der Waals surface area (Å²) in [6.07, 6.45) is -0.652. The van der Waals surface area contributed by atoms with E-state index >= 15 is 0 Å². The van der Waals surface area contributed by atoms with Crippen LogP contribution in [-0.4, -0.2) is 54.1 Å². The van der Waals surface area contributed by atoms with Crippen molar-refractivity contribution in [3.63, 3.8) is 0 Å². The van der Waals surface area contributed by atoms with Gasteiger partial charge >= 0.3 is 5.97 Å². The van der Waals surface area contributed by atoms with Crippen LogP contribution in [0.2, 0.25) is 0 Å². The van der Waals surface area contributed by atoms with E-state index in [0.29, 0.717) is 23.7 Å². The number of fused-ring (bicyclic) bond motifs is 1. The predicted octanol–water partition coefficient (Wildman–Crippen LogP) is 1.92. The Bertz CT molecular complexity index is 912. The second-order valence-electron chi connectivity index (χ2n) is 6.73. The number of likely N-dealkylation sites (N-methyl/N-ethyl adjacent to an activating group) is 1. The molecule has 2 amide bonds. The molecule has 1 N–H and O–H groups in total. The van der Waals surface area contributed by atoms with Crippen LogP contribution in [0.1, 0.15) is 12.5 Å². The molecule has 0 saturated carbocycles. The number of anilines is 1. The molecule has 0 radical (unpaired) electrons. The average molecular weight is 398 g/mol. The maximum atomic E-state index is 12.7. The van der Waals surface area contributed by atoms with Crippen LogP contribution < -0.4 is 14.4 Å². The van der Waals surface area contributed by atoms with Crippen LogP contribution in [0.3, 0.4) is 0 Å². The standard InChI is InChI=1S/C21H22N2O6/c1-14-21(27)23(17-5-3-4-6-18(17)29-14)12-19(24)22(2)11-15-7-9-16(10-8-15)28-13-20(25)26/h3-10,14H,11-13H2,1-2H3,(H,25,26). The number of aliphatic carboxylic acids is 1. The summed E-state index contributed by atoms with van der Waals surface area (Å²) in [4.78, 5) is 38.8. The fourth-order valence-electron chi connectivity index (χ4n) is 2.98. The topological polar surface area (TPSA) is 96.4 Å². The van der Waals surface area contributed by atoms with Gasteiger partial charge in [0.2, 0.25) is 5.91 Å². The molecule has 2 aromatic carbocycles. The molecule has 29 heavy (non-hydrogen) atoms. The summed E-state index contributed by atoms with van der Waals surface area (Å²) in [6, 6.07) is 14.0. The first-order valence-electron chi connectivity index (χ1n) is 9.09. The highest BCUT2D eigenvalue weighted by Gasteiger charge is 2.33. The van der Waals surface area contributed by atoms with Gasteiger partial charge in [-0.3, -0.25) is 14.5 Å². The number of rotatable bonds is 7. The Balaban J connectivity index is 1.63. The number of nitrogens with zero attached hydrogens (tertiary/aromatic N) is 2. The van der Waals surface area contributed by atoms with Crippen LogP contribution >= 0.6 is 0 Å². The summed E-state index contributed by atoms with van der Waals surface area (Å²) in [6.45, 7) is 1.51. The van der Waals surface area contributed by atoms with Gasteiger partial charge in [-0.15, -0.1) is 0 Å². The third-order valence-corrected chi connectivity index (χ3v) is 4.50. The van der Waals surface area contributed by atoms with Crippen molar-refractivity contribution in [1.82, 2.24) is 4.90 Å². The van der Waals surface area contributed by atoms with E-state index in [1.165, 1.54) is 9.80 Å². The lowest BCUT2D eigenvalue weighted by molar-refractivity contribution is -0.139. The van der Waals surface area contributed by atoms with Crippen LogP contribution in [0.25, 0.3) is 0 Å². The van der Waals surface area contributed by atoms with Crippen molar-refractivity contribution in [2.24, 2.45) is 0 Å². The molecule has 152 valence electrons. The molecule has 0 bridgehead atoms. The summed E-state index contributed by atoms with van der Waals surface area (Å²) in [5, 5.41) is 8.64. The molecule has 8 nitrogen and oxygen atoms in total. The smallest absolute Gasteiger partial charge is 0.341 e. The SMILES string of the molecule is CC1Oc2ccccc2N(CC(=O)N(C)Cc2ccc(OCC(=O)O)cc2)C1=O. The summed E-state index contributed by atoms with van der Waals surface area (Å²) in [5.41, 5.74) is 1.43. The lowest BCUT2D eigenvalue weighted by Crippen LogP contribution is -2.48.